The van der Waals surface area contributed by atoms with Crippen molar-refractivity contribution in [1.82, 2.24) is 4.57 Å². The molecule has 0 spiro atoms. The van der Waals surface area contributed by atoms with E-state index in [1.165, 1.54) is 16.0 Å². The molecule has 3 heterocycles. The number of anilines is 4. The van der Waals surface area contributed by atoms with Crippen molar-refractivity contribution in [3.8, 4) is 16.8 Å². The molecule has 0 saturated heterocycles. The molecule has 1 aromatic heterocycles. The van der Waals surface area contributed by atoms with E-state index in [0.717, 1.165) is 55.7 Å². The number of carbonyl (C=O) groups excluding carboxylic acids is 2. The molecule has 5 heteroatoms. The Hall–Kier alpha value is -6.72. The van der Waals surface area contributed by atoms with E-state index < -0.39 is 0 Å². The number of aromatic nitrogens is 1. The summed E-state index contributed by atoms with van der Waals surface area (Å²) >= 11 is 0. The number of rotatable bonds is 4. The standard InChI is InChI=1S/C47H33N3O2/c1-47(2)36-21-9-14-26-41(36)49(42-27-15-10-22-37(42)47)44-29-35-34(28-43(44)48-39-24-12-7-19-32(39)33-20-8-13-25-40(33)48)45(51)50(46(35)52)38-23-11-6-18-31(38)30-16-4-3-5-17-30/h3-29H,1-2H3. The van der Waals surface area contributed by atoms with Gasteiger partial charge in [-0.15, -0.1) is 0 Å². The molecule has 10 rings (SSSR count). The highest BCUT2D eigenvalue weighted by molar-refractivity contribution is 6.36. The average Bonchev–Trinajstić information content (AvgIpc) is 3.65. The molecule has 0 atom stereocenters. The summed E-state index contributed by atoms with van der Waals surface area (Å²) in [5.41, 5.74) is 10.9. The lowest BCUT2D eigenvalue weighted by molar-refractivity contribution is 0.0926. The summed E-state index contributed by atoms with van der Waals surface area (Å²) in [6.45, 7) is 4.53. The van der Waals surface area contributed by atoms with Crippen LogP contribution in [0.3, 0.4) is 0 Å². The average molecular weight is 672 g/mol. The molecule has 7 aromatic carbocycles. The van der Waals surface area contributed by atoms with Gasteiger partial charge in [0.2, 0.25) is 0 Å². The van der Waals surface area contributed by atoms with E-state index in [9.17, 15) is 9.59 Å². The lowest BCUT2D eigenvalue weighted by Gasteiger charge is -2.42. The van der Waals surface area contributed by atoms with E-state index in [0.29, 0.717) is 16.8 Å². The van der Waals surface area contributed by atoms with Crippen molar-refractivity contribution in [2.45, 2.75) is 19.3 Å². The van der Waals surface area contributed by atoms with Gasteiger partial charge in [0.05, 0.1) is 50.6 Å². The number of benzene rings is 7. The van der Waals surface area contributed by atoms with Crippen LogP contribution in [-0.2, 0) is 5.41 Å². The van der Waals surface area contributed by atoms with Crippen molar-refractivity contribution in [3.63, 3.8) is 0 Å². The molecule has 0 saturated carbocycles. The Morgan fingerprint density at radius 3 is 1.46 bits per heavy atom. The molecular weight excluding hydrogens is 639 g/mol. The molecule has 2 aliphatic rings. The van der Waals surface area contributed by atoms with Crippen LogP contribution in [0.4, 0.5) is 22.7 Å². The van der Waals surface area contributed by atoms with Crippen LogP contribution < -0.4 is 9.80 Å². The molecule has 0 bridgehead atoms. The summed E-state index contributed by atoms with van der Waals surface area (Å²) in [5, 5.41) is 2.23. The Labute approximate surface area is 301 Å². The second kappa shape index (κ2) is 11.1. The summed E-state index contributed by atoms with van der Waals surface area (Å²) in [6, 6.07) is 55.2. The first-order chi connectivity index (χ1) is 25.4. The third-order valence-corrected chi connectivity index (χ3v) is 10.9. The third kappa shape index (κ3) is 4.17. The van der Waals surface area contributed by atoms with Crippen LogP contribution in [0.25, 0.3) is 38.6 Å². The van der Waals surface area contributed by atoms with E-state index >= 15 is 0 Å². The number of fused-ring (bicyclic) bond motifs is 6. The molecule has 52 heavy (non-hydrogen) atoms. The molecule has 0 unspecified atom stereocenters. The highest BCUT2D eigenvalue weighted by atomic mass is 16.2. The monoisotopic (exact) mass is 671 g/mol. The van der Waals surface area contributed by atoms with Crippen LogP contribution >= 0.6 is 0 Å². The molecule has 0 fully saturated rings. The number of nitrogens with zero attached hydrogens (tertiary/aromatic N) is 3. The van der Waals surface area contributed by atoms with Gasteiger partial charge < -0.3 is 9.47 Å². The minimum absolute atomic E-state index is 0.267. The van der Waals surface area contributed by atoms with Gasteiger partial charge in [-0.1, -0.05) is 135 Å². The molecule has 0 aliphatic carbocycles. The summed E-state index contributed by atoms with van der Waals surface area (Å²) < 4.78 is 2.25. The Bertz CT molecular complexity index is 2670. The predicted octanol–water partition coefficient (Wildman–Crippen LogP) is 11.4. The number of carbonyl (C=O) groups is 2. The molecule has 0 N–H and O–H groups in total. The summed E-state index contributed by atoms with van der Waals surface area (Å²) in [6.07, 6.45) is 0. The van der Waals surface area contributed by atoms with Crippen LogP contribution in [0.5, 0.6) is 0 Å². The minimum Gasteiger partial charge on any atom is -0.308 e. The maximum absolute atomic E-state index is 14.7. The van der Waals surface area contributed by atoms with E-state index in [4.69, 9.17) is 0 Å². The second-order valence-electron chi connectivity index (χ2n) is 14.1. The predicted molar refractivity (Wildman–Crippen MR) is 211 cm³/mol. The van der Waals surface area contributed by atoms with E-state index in [1.807, 2.05) is 66.7 Å². The van der Waals surface area contributed by atoms with Gasteiger partial charge >= 0.3 is 0 Å². The fraction of sp³-hybridized carbons (Fsp3) is 0.0638. The van der Waals surface area contributed by atoms with Crippen LogP contribution in [0, 0.1) is 0 Å². The van der Waals surface area contributed by atoms with Crippen molar-refractivity contribution in [3.05, 3.63) is 186 Å². The van der Waals surface area contributed by atoms with Gasteiger partial charge in [0, 0.05) is 21.8 Å². The number of para-hydroxylation sites is 5. The van der Waals surface area contributed by atoms with Crippen molar-refractivity contribution in [2.24, 2.45) is 0 Å². The van der Waals surface area contributed by atoms with Gasteiger partial charge in [-0.3, -0.25) is 9.59 Å². The Kier molecular flexibility index (Phi) is 6.46. The third-order valence-electron chi connectivity index (χ3n) is 10.9. The van der Waals surface area contributed by atoms with Crippen molar-refractivity contribution >= 4 is 56.4 Å². The van der Waals surface area contributed by atoms with Crippen molar-refractivity contribution < 1.29 is 9.59 Å². The molecule has 8 aromatic rings. The zero-order valence-electron chi connectivity index (χ0n) is 28.7. The Balaban J connectivity index is 1.28. The van der Waals surface area contributed by atoms with Gasteiger partial charge in [-0.2, -0.15) is 0 Å². The van der Waals surface area contributed by atoms with E-state index in [2.05, 4.69) is 120 Å². The molecule has 2 amide bonds. The number of imide groups is 1. The molecule has 248 valence electrons. The zero-order chi connectivity index (χ0) is 35.1. The lowest BCUT2D eigenvalue weighted by Crippen LogP contribution is -2.31. The van der Waals surface area contributed by atoms with Crippen molar-refractivity contribution in [2.75, 3.05) is 9.80 Å². The largest absolute Gasteiger partial charge is 0.308 e. The van der Waals surface area contributed by atoms with Gasteiger partial charge in [0.15, 0.2) is 0 Å². The molecule has 5 nitrogen and oxygen atoms in total. The van der Waals surface area contributed by atoms with Gasteiger partial charge in [0.1, 0.15) is 0 Å². The normalized spacial score (nSPS) is 14.5. The smallest absolute Gasteiger partial charge is 0.266 e. The maximum atomic E-state index is 14.7. The summed E-state index contributed by atoms with van der Waals surface area (Å²) in [7, 11) is 0. The van der Waals surface area contributed by atoms with Crippen LogP contribution in [0.2, 0.25) is 0 Å². The number of amides is 2. The topological polar surface area (TPSA) is 45.6 Å². The van der Waals surface area contributed by atoms with Gasteiger partial charge in [-0.25, -0.2) is 4.90 Å². The second-order valence-corrected chi connectivity index (χ2v) is 14.1. The summed E-state index contributed by atoms with van der Waals surface area (Å²) in [4.78, 5) is 33.1. The number of hydrogen-bond acceptors (Lipinski definition) is 3. The molecular formula is C47H33N3O2. The number of hydrogen-bond donors (Lipinski definition) is 0. The highest BCUT2D eigenvalue weighted by Crippen LogP contribution is 2.54. The highest BCUT2D eigenvalue weighted by Gasteiger charge is 2.42. The van der Waals surface area contributed by atoms with Crippen molar-refractivity contribution in [1.29, 1.82) is 0 Å². The maximum Gasteiger partial charge on any atom is 0.266 e. The molecule has 2 aliphatic heterocycles. The lowest BCUT2D eigenvalue weighted by atomic mass is 9.73. The fourth-order valence-corrected chi connectivity index (χ4v) is 8.48. The quantitative estimate of drug-likeness (QED) is 0.175. The van der Waals surface area contributed by atoms with Gasteiger partial charge in [-0.05, 0) is 59.2 Å². The van der Waals surface area contributed by atoms with Crippen LogP contribution in [0.15, 0.2) is 164 Å². The Morgan fingerprint density at radius 1 is 0.404 bits per heavy atom. The Morgan fingerprint density at radius 2 is 0.865 bits per heavy atom. The first-order valence-corrected chi connectivity index (χ1v) is 17.6. The summed E-state index contributed by atoms with van der Waals surface area (Å²) in [5.74, 6) is -0.671. The fourth-order valence-electron chi connectivity index (χ4n) is 8.48. The molecule has 0 radical (unpaired) electrons. The SMILES string of the molecule is CC1(C)c2ccccc2N(c2cc3c(cc2-n2c4ccccc4c4ccccc42)C(=O)N(c2ccccc2-c2ccccc2)C3=O)c2ccccc21. The van der Waals surface area contributed by atoms with E-state index in [-0.39, 0.29) is 17.2 Å². The first-order valence-electron chi connectivity index (χ1n) is 17.6. The zero-order valence-corrected chi connectivity index (χ0v) is 28.7. The van der Waals surface area contributed by atoms with Gasteiger partial charge in [0.25, 0.3) is 11.8 Å². The van der Waals surface area contributed by atoms with Crippen LogP contribution in [0.1, 0.15) is 45.7 Å². The van der Waals surface area contributed by atoms with Crippen LogP contribution in [-0.4, -0.2) is 16.4 Å². The minimum atomic E-state index is -0.336. The van der Waals surface area contributed by atoms with E-state index in [1.54, 1.807) is 0 Å². The first kappa shape index (κ1) is 30.1.